The molecule has 0 saturated heterocycles. The van der Waals surface area contributed by atoms with E-state index in [2.05, 4.69) is 17.4 Å². The van der Waals surface area contributed by atoms with Gasteiger partial charge in [-0.15, -0.1) is 0 Å². The Labute approximate surface area is 183 Å². The molecule has 0 spiro atoms. The average molecular weight is 429 g/mol. The zero-order chi connectivity index (χ0) is 22.4. The van der Waals surface area contributed by atoms with Gasteiger partial charge in [-0.3, -0.25) is 9.59 Å². The zero-order valence-corrected chi connectivity index (χ0v) is 18.8. The summed E-state index contributed by atoms with van der Waals surface area (Å²) in [6.45, 7) is 7.87. The highest BCUT2D eigenvalue weighted by Crippen LogP contribution is 2.24. The number of aromatic nitrogens is 1. The minimum absolute atomic E-state index is 0.0988. The van der Waals surface area contributed by atoms with Crippen molar-refractivity contribution in [2.75, 3.05) is 0 Å². The molecule has 3 rings (SSSR count). The van der Waals surface area contributed by atoms with Crippen molar-refractivity contribution in [2.24, 2.45) is 5.92 Å². The van der Waals surface area contributed by atoms with Crippen molar-refractivity contribution in [3.63, 3.8) is 0 Å². The SMILES string of the molecule is Cc1noc(C)c1COc1ccc(CC(=O)O[C@@H](C)C(=O)N[C@@H]2CCCC[C@@H]2C)cc1. The van der Waals surface area contributed by atoms with Gasteiger partial charge in [0.25, 0.3) is 5.91 Å². The summed E-state index contributed by atoms with van der Waals surface area (Å²) in [6, 6.07) is 7.42. The number of carbonyl (C=O) groups excluding carboxylic acids is 2. The molecular weight excluding hydrogens is 396 g/mol. The lowest BCUT2D eigenvalue weighted by Gasteiger charge is -2.30. The summed E-state index contributed by atoms with van der Waals surface area (Å²) in [5.74, 6) is 1.23. The number of carbonyl (C=O) groups is 2. The van der Waals surface area contributed by atoms with Gasteiger partial charge in [-0.2, -0.15) is 0 Å². The molecule has 1 amide bonds. The third kappa shape index (κ3) is 6.32. The van der Waals surface area contributed by atoms with E-state index < -0.39 is 12.1 Å². The highest BCUT2D eigenvalue weighted by molar-refractivity contribution is 5.84. The second-order valence-electron chi connectivity index (χ2n) is 8.42. The van der Waals surface area contributed by atoms with E-state index in [1.165, 1.54) is 6.42 Å². The van der Waals surface area contributed by atoms with E-state index in [0.29, 0.717) is 18.3 Å². The standard InChI is InChI=1S/C24H32N2O5/c1-15-7-5-6-8-22(15)25-24(28)18(4)30-23(27)13-19-9-11-20(12-10-19)29-14-21-16(2)26-31-17(21)3/h9-12,15,18,22H,5-8,13-14H2,1-4H3,(H,25,28)/t15-,18-,22+/m0/s1. The molecule has 1 N–H and O–H groups in total. The van der Waals surface area contributed by atoms with Crippen LogP contribution in [0.5, 0.6) is 5.75 Å². The molecule has 31 heavy (non-hydrogen) atoms. The molecule has 0 radical (unpaired) electrons. The van der Waals surface area contributed by atoms with Crippen molar-refractivity contribution in [1.82, 2.24) is 10.5 Å². The quantitative estimate of drug-likeness (QED) is 0.638. The molecule has 1 aliphatic rings. The summed E-state index contributed by atoms with van der Waals surface area (Å²) in [6.07, 6.45) is 3.74. The van der Waals surface area contributed by atoms with Gasteiger partial charge in [-0.1, -0.05) is 37.1 Å². The second kappa shape index (κ2) is 10.5. The summed E-state index contributed by atoms with van der Waals surface area (Å²) in [4.78, 5) is 24.7. The molecule has 1 fully saturated rings. The normalized spacial score (nSPS) is 19.5. The number of ether oxygens (including phenoxy) is 2. The Hall–Kier alpha value is -2.83. The number of nitrogens with one attached hydrogen (secondary N) is 1. The van der Waals surface area contributed by atoms with Crippen molar-refractivity contribution in [3.8, 4) is 5.75 Å². The molecule has 0 aliphatic heterocycles. The number of esters is 1. The summed E-state index contributed by atoms with van der Waals surface area (Å²) in [5.41, 5.74) is 2.54. The van der Waals surface area contributed by atoms with Crippen molar-refractivity contribution >= 4 is 11.9 Å². The van der Waals surface area contributed by atoms with E-state index in [4.69, 9.17) is 14.0 Å². The van der Waals surface area contributed by atoms with Crippen LogP contribution in [-0.4, -0.2) is 29.2 Å². The maximum absolute atomic E-state index is 12.4. The number of amides is 1. The monoisotopic (exact) mass is 428 g/mol. The fourth-order valence-corrected chi connectivity index (χ4v) is 3.86. The molecule has 1 aromatic carbocycles. The Morgan fingerprint density at radius 3 is 2.55 bits per heavy atom. The van der Waals surface area contributed by atoms with Gasteiger partial charge < -0.3 is 19.3 Å². The minimum Gasteiger partial charge on any atom is -0.489 e. The number of aryl methyl sites for hydroxylation is 2. The number of benzene rings is 1. The first-order chi connectivity index (χ1) is 14.8. The van der Waals surface area contributed by atoms with Crippen LogP contribution in [0.4, 0.5) is 0 Å². The molecule has 2 aromatic rings. The van der Waals surface area contributed by atoms with Gasteiger partial charge in [0, 0.05) is 6.04 Å². The van der Waals surface area contributed by atoms with E-state index in [1.54, 1.807) is 19.1 Å². The van der Waals surface area contributed by atoms with E-state index in [9.17, 15) is 9.59 Å². The molecule has 1 saturated carbocycles. The van der Waals surface area contributed by atoms with Crippen molar-refractivity contribution < 1.29 is 23.6 Å². The third-order valence-corrected chi connectivity index (χ3v) is 5.95. The van der Waals surface area contributed by atoms with Crippen molar-refractivity contribution in [1.29, 1.82) is 0 Å². The van der Waals surface area contributed by atoms with Crippen LogP contribution < -0.4 is 10.1 Å². The first kappa shape index (κ1) is 22.8. The molecule has 0 unspecified atom stereocenters. The summed E-state index contributed by atoms with van der Waals surface area (Å²) >= 11 is 0. The lowest BCUT2D eigenvalue weighted by molar-refractivity contribution is -0.154. The number of nitrogens with zero attached hydrogens (tertiary/aromatic N) is 1. The maximum Gasteiger partial charge on any atom is 0.311 e. The minimum atomic E-state index is -0.806. The summed E-state index contributed by atoms with van der Waals surface area (Å²) in [5, 5.41) is 6.95. The van der Waals surface area contributed by atoms with Crippen LogP contribution in [0.1, 0.15) is 62.1 Å². The summed E-state index contributed by atoms with van der Waals surface area (Å²) < 4.78 is 16.3. The van der Waals surface area contributed by atoms with Gasteiger partial charge in [0.15, 0.2) is 6.10 Å². The van der Waals surface area contributed by atoms with E-state index >= 15 is 0 Å². The fraction of sp³-hybridized carbons (Fsp3) is 0.542. The molecule has 1 heterocycles. The average Bonchev–Trinajstić information content (AvgIpc) is 3.06. The van der Waals surface area contributed by atoms with Crippen molar-refractivity contribution in [3.05, 3.63) is 46.8 Å². The molecule has 3 atom stereocenters. The van der Waals surface area contributed by atoms with E-state index in [1.807, 2.05) is 26.0 Å². The lowest BCUT2D eigenvalue weighted by Crippen LogP contribution is -2.46. The predicted octanol–water partition coefficient (Wildman–Crippen LogP) is 4.04. The highest BCUT2D eigenvalue weighted by atomic mass is 16.5. The lowest BCUT2D eigenvalue weighted by atomic mass is 9.86. The van der Waals surface area contributed by atoms with Crippen LogP contribution in [0.3, 0.4) is 0 Å². The molecule has 7 nitrogen and oxygen atoms in total. The number of rotatable bonds is 8. The Morgan fingerprint density at radius 1 is 1.19 bits per heavy atom. The smallest absolute Gasteiger partial charge is 0.311 e. The van der Waals surface area contributed by atoms with Crippen LogP contribution >= 0.6 is 0 Å². The zero-order valence-electron chi connectivity index (χ0n) is 18.8. The first-order valence-electron chi connectivity index (χ1n) is 11.0. The molecule has 1 aliphatic carbocycles. The molecule has 168 valence electrons. The van der Waals surface area contributed by atoms with E-state index in [-0.39, 0.29) is 18.4 Å². The van der Waals surface area contributed by atoms with Gasteiger partial charge in [0.05, 0.1) is 17.7 Å². The molecule has 0 bridgehead atoms. The third-order valence-electron chi connectivity index (χ3n) is 5.95. The van der Waals surface area contributed by atoms with Crippen LogP contribution in [0.15, 0.2) is 28.8 Å². The number of hydrogen-bond donors (Lipinski definition) is 1. The Balaban J connectivity index is 1.44. The Morgan fingerprint density at radius 2 is 1.90 bits per heavy atom. The van der Waals surface area contributed by atoms with Crippen LogP contribution in [-0.2, 0) is 27.4 Å². The van der Waals surface area contributed by atoms with Gasteiger partial charge in [-0.05, 0) is 57.2 Å². The second-order valence-corrected chi connectivity index (χ2v) is 8.42. The first-order valence-corrected chi connectivity index (χ1v) is 11.0. The molecular formula is C24H32N2O5. The largest absolute Gasteiger partial charge is 0.489 e. The Bertz CT molecular complexity index is 870. The van der Waals surface area contributed by atoms with Crippen molar-refractivity contribution in [2.45, 2.75) is 78.6 Å². The predicted molar refractivity (Wildman–Crippen MR) is 116 cm³/mol. The van der Waals surface area contributed by atoms with Crippen LogP contribution in [0, 0.1) is 19.8 Å². The van der Waals surface area contributed by atoms with Crippen LogP contribution in [0.2, 0.25) is 0 Å². The number of hydrogen-bond acceptors (Lipinski definition) is 6. The summed E-state index contributed by atoms with van der Waals surface area (Å²) in [7, 11) is 0. The Kier molecular flexibility index (Phi) is 7.71. The fourth-order valence-electron chi connectivity index (χ4n) is 3.86. The molecule has 1 aromatic heterocycles. The van der Waals surface area contributed by atoms with Gasteiger partial charge in [-0.25, -0.2) is 0 Å². The van der Waals surface area contributed by atoms with Crippen LogP contribution in [0.25, 0.3) is 0 Å². The van der Waals surface area contributed by atoms with E-state index in [0.717, 1.165) is 41.8 Å². The van der Waals surface area contributed by atoms with Gasteiger partial charge in [0.2, 0.25) is 0 Å². The van der Waals surface area contributed by atoms with Gasteiger partial charge in [0.1, 0.15) is 18.1 Å². The molecule has 7 heteroatoms. The highest BCUT2D eigenvalue weighted by Gasteiger charge is 2.26. The maximum atomic E-state index is 12.4. The van der Waals surface area contributed by atoms with Gasteiger partial charge >= 0.3 is 5.97 Å². The topological polar surface area (TPSA) is 90.7 Å².